The maximum absolute atomic E-state index is 11.2. The van der Waals surface area contributed by atoms with Gasteiger partial charge in [-0.15, -0.1) is 0 Å². The number of methoxy groups -OCH3 is 3. The number of esters is 1. The van der Waals surface area contributed by atoms with Crippen LogP contribution in [0.15, 0.2) is 0 Å². The molecule has 0 N–H and O–H groups in total. The van der Waals surface area contributed by atoms with E-state index in [1.807, 2.05) is 6.92 Å². The average molecular weight is 204 g/mol. The fourth-order valence-corrected chi connectivity index (χ4v) is 1.32. The number of carbonyl (C=O) groups excluding carboxylic acids is 1. The molecule has 0 aliphatic carbocycles. The summed E-state index contributed by atoms with van der Waals surface area (Å²) in [4.78, 5) is 11.2. The fraction of sp³-hybridized carbons (Fsp3) is 0.900. The Morgan fingerprint density at radius 3 is 2.07 bits per heavy atom. The summed E-state index contributed by atoms with van der Waals surface area (Å²) in [5, 5.41) is 0. The topological polar surface area (TPSA) is 44.8 Å². The Kier molecular flexibility index (Phi) is 7.42. The van der Waals surface area contributed by atoms with E-state index in [0.717, 1.165) is 12.8 Å². The highest BCUT2D eigenvalue weighted by molar-refractivity contribution is 5.72. The molecule has 0 aliphatic rings. The van der Waals surface area contributed by atoms with Crippen molar-refractivity contribution in [2.75, 3.05) is 21.3 Å². The number of hydrogen-bond donors (Lipinski definition) is 0. The largest absolute Gasteiger partial charge is 0.469 e. The summed E-state index contributed by atoms with van der Waals surface area (Å²) in [5.74, 6) is -0.203. The van der Waals surface area contributed by atoms with Crippen LogP contribution in [0.3, 0.4) is 0 Å². The molecule has 0 amide bonds. The quantitative estimate of drug-likeness (QED) is 0.466. The third-order valence-electron chi connectivity index (χ3n) is 2.30. The van der Waals surface area contributed by atoms with Crippen LogP contribution in [0.1, 0.15) is 26.2 Å². The van der Waals surface area contributed by atoms with Crippen LogP contribution in [0.2, 0.25) is 0 Å². The van der Waals surface area contributed by atoms with E-state index in [1.165, 1.54) is 7.11 Å². The van der Waals surface area contributed by atoms with Crippen LogP contribution < -0.4 is 0 Å². The second-order valence-electron chi connectivity index (χ2n) is 3.11. The highest BCUT2D eigenvalue weighted by Gasteiger charge is 2.18. The summed E-state index contributed by atoms with van der Waals surface area (Å²) in [5.41, 5.74) is 0. The molecule has 0 aromatic heterocycles. The molecule has 0 rings (SSSR count). The van der Waals surface area contributed by atoms with E-state index >= 15 is 0 Å². The first-order valence-corrected chi connectivity index (χ1v) is 4.82. The maximum Gasteiger partial charge on any atom is 0.308 e. The van der Waals surface area contributed by atoms with Gasteiger partial charge in [0.25, 0.3) is 0 Å². The van der Waals surface area contributed by atoms with Crippen LogP contribution in [0.25, 0.3) is 0 Å². The summed E-state index contributed by atoms with van der Waals surface area (Å²) in [6, 6.07) is 0. The molecule has 0 bridgehead atoms. The van der Waals surface area contributed by atoms with Crippen LogP contribution in [-0.2, 0) is 19.0 Å². The SMILES string of the molecule is CCC(CCC(OC)OC)C(=O)OC. The van der Waals surface area contributed by atoms with Crippen LogP contribution in [0.4, 0.5) is 0 Å². The molecule has 0 aromatic carbocycles. The monoisotopic (exact) mass is 204 g/mol. The first kappa shape index (κ1) is 13.4. The summed E-state index contributed by atoms with van der Waals surface area (Å²) in [6.07, 6.45) is 2.00. The van der Waals surface area contributed by atoms with Crippen molar-refractivity contribution in [1.82, 2.24) is 0 Å². The van der Waals surface area contributed by atoms with Crippen molar-refractivity contribution < 1.29 is 19.0 Å². The van der Waals surface area contributed by atoms with Gasteiger partial charge < -0.3 is 14.2 Å². The van der Waals surface area contributed by atoms with Gasteiger partial charge in [-0.25, -0.2) is 0 Å². The van der Waals surface area contributed by atoms with Crippen LogP contribution in [-0.4, -0.2) is 33.6 Å². The third-order valence-corrected chi connectivity index (χ3v) is 2.30. The standard InChI is InChI=1S/C10H20O4/c1-5-8(10(11)14-4)6-7-9(12-2)13-3/h8-9H,5-7H2,1-4H3. The molecule has 0 saturated carbocycles. The average Bonchev–Trinajstić information content (AvgIpc) is 2.24. The Labute approximate surface area is 85.5 Å². The lowest BCUT2D eigenvalue weighted by molar-refractivity contribution is -0.147. The van der Waals surface area contributed by atoms with Gasteiger partial charge in [0.1, 0.15) is 0 Å². The van der Waals surface area contributed by atoms with Crippen LogP contribution in [0, 0.1) is 5.92 Å². The van der Waals surface area contributed by atoms with E-state index in [0.29, 0.717) is 6.42 Å². The maximum atomic E-state index is 11.2. The van der Waals surface area contributed by atoms with Crippen molar-refractivity contribution in [1.29, 1.82) is 0 Å². The van der Waals surface area contributed by atoms with E-state index in [4.69, 9.17) is 9.47 Å². The van der Waals surface area contributed by atoms with Gasteiger partial charge in [0.15, 0.2) is 6.29 Å². The predicted octanol–water partition coefficient (Wildman–Crippen LogP) is 1.58. The second-order valence-corrected chi connectivity index (χ2v) is 3.11. The molecular formula is C10H20O4. The minimum atomic E-state index is -0.228. The molecule has 0 fully saturated rings. The molecular weight excluding hydrogens is 184 g/mol. The summed E-state index contributed by atoms with van der Waals surface area (Å²) < 4.78 is 14.7. The third kappa shape index (κ3) is 4.58. The molecule has 4 heteroatoms. The number of hydrogen-bond acceptors (Lipinski definition) is 4. The second kappa shape index (κ2) is 7.76. The van der Waals surface area contributed by atoms with Gasteiger partial charge in [-0.05, 0) is 19.3 Å². The van der Waals surface area contributed by atoms with E-state index < -0.39 is 0 Å². The van der Waals surface area contributed by atoms with E-state index in [-0.39, 0.29) is 18.2 Å². The van der Waals surface area contributed by atoms with Crippen molar-refractivity contribution in [2.45, 2.75) is 32.5 Å². The highest BCUT2D eigenvalue weighted by Crippen LogP contribution is 2.15. The molecule has 1 atom stereocenters. The molecule has 0 saturated heterocycles. The van der Waals surface area contributed by atoms with Gasteiger partial charge in [0.2, 0.25) is 0 Å². The van der Waals surface area contributed by atoms with Crippen molar-refractivity contribution in [2.24, 2.45) is 5.92 Å². The Hall–Kier alpha value is -0.610. The number of ether oxygens (including phenoxy) is 3. The molecule has 14 heavy (non-hydrogen) atoms. The minimum Gasteiger partial charge on any atom is -0.469 e. The van der Waals surface area contributed by atoms with E-state index in [9.17, 15) is 4.79 Å². The first-order valence-electron chi connectivity index (χ1n) is 4.82. The zero-order valence-electron chi connectivity index (χ0n) is 9.41. The summed E-state index contributed by atoms with van der Waals surface area (Å²) in [6.45, 7) is 1.97. The van der Waals surface area contributed by atoms with E-state index in [2.05, 4.69) is 4.74 Å². The normalized spacial score (nSPS) is 12.9. The molecule has 1 unspecified atom stereocenters. The van der Waals surface area contributed by atoms with Crippen LogP contribution >= 0.6 is 0 Å². The van der Waals surface area contributed by atoms with Gasteiger partial charge in [-0.1, -0.05) is 6.92 Å². The molecule has 0 heterocycles. The minimum absolute atomic E-state index is 0.0483. The fourth-order valence-electron chi connectivity index (χ4n) is 1.32. The number of rotatable bonds is 7. The Morgan fingerprint density at radius 2 is 1.71 bits per heavy atom. The molecule has 0 spiro atoms. The summed E-state index contributed by atoms with van der Waals surface area (Å²) >= 11 is 0. The number of carbonyl (C=O) groups is 1. The van der Waals surface area contributed by atoms with Crippen molar-refractivity contribution in [3.63, 3.8) is 0 Å². The van der Waals surface area contributed by atoms with Gasteiger partial charge in [0, 0.05) is 14.2 Å². The lowest BCUT2D eigenvalue weighted by Crippen LogP contribution is -2.20. The van der Waals surface area contributed by atoms with E-state index in [1.54, 1.807) is 14.2 Å². The molecule has 0 aliphatic heterocycles. The highest BCUT2D eigenvalue weighted by atomic mass is 16.7. The smallest absolute Gasteiger partial charge is 0.308 e. The van der Waals surface area contributed by atoms with Gasteiger partial charge >= 0.3 is 5.97 Å². The van der Waals surface area contributed by atoms with Crippen molar-refractivity contribution in [3.8, 4) is 0 Å². The molecule has 0 aromatic rings. The van der Waals surface area contributed by atoms with Crippen molar-refractivity contribution >= 4 is 5.97 Å². The van der Waals surface area contributed by atoms with Crippen molar-refractivity contribution in [3.05, 3.63) is 0 Å². The molecule has 0 radical (unpaired) electrons. The van der Waals surface area contributed by atoms with Crippen LogP contribution in [0.5, 0.6) is 0 Å². The van der Waals surface area contributed by atoms with Gasteiger partial charge in [0.05, 0.1) is 13.0 Å². The Balaban J connectivity index is 3.88. The Bertz CT molecular complexity index is 154. The molecule has 84 valence electrons. The molecule has 4 nitrogen and oxygen atoms in total. The zero-order valence-corrected chi connectivity index (χ0v) is 9.41. The lowest BCUT2D eigenvalue weighted by atomic mass is 10.0. The van der Waals surface area contributed by atoms with Gasteiger partial charge in [-0.2, -0.15) is 0 Å². The lowest BCUT2D eigenvalue weighted by Gasteiger charge is -2.16. The first-order chi connectivity index (χ1) is 6.69. The van der Waals surface area contributed by atoms with Gasteiger partial charge in [-0.3, -0.25) is 4.79 Å². The Morgan fingerprint density at radius 1 is 1.14 bits per heavy atom. The predicted molar refractivity (Wildman–Crippen MR) is 52.8 cm³/mol. The summed E-state index contributed by atoms with van der Waals surface area (Å²) in [7, 11) is 4.59. The zero-order chi connectivity index (χ0) is 11.0.